The minimum Gasteiger partial charge on any atom is -0.507 e. The first kappa shape index (κ1) is 19.4. The number of phenols is 1. The molecular weight excluding hydrogens is 309 g/mol. The Bertz CT molecular complexity index is 406. The summed E-state index contributed by atoms with van der Waals surface area (Å²) in [6.07, 6.45) is 0.677. The lowest BCUT2D eigenvalue weighted by Crippen LogP contribution is -2.45. The van der Waals surface area contributed by atoms with Gasteiger partial charge in [0, 0.05) is 49.9 Å². The van der Waals surface area contributed by atoms with Crippen molar-refractivity contribution in [3.63, 3.8) is 0 Å². The summed E-state index contributed by atoms with van der Waals surface area (Å²) in [5.41, 5.74) is 0.209. The fraction of sp³-hybridized carbons (Fsp3) is 0.538. The van der Waals surface area contributed by atoms with Gasteiger partial charge in [0.25, 0.3) is 0 Å². The molecule has 20 heavy (non-hydrogen) atoms. The molecule has 1 heterocycles. The van der Waals surface area contributed by atoms with E-state index >= 15 is 0 Å². The average Bonchev–Trinajstić information content (AvgIpc) is 2.34. The second kappa shape index (κ2) is 8.62. The molecule has 1 aromatic carbocycles. The maximum Gasteiger partial charge on any atom is 0.134 e. The maximum absolute atomic E-state index is 13.9. The first-order valence-corrected chi connectivity index (χ1v) is 6.26. The number of nitrogens with one attached hydrogen (secondary N) is 1. The van der Waals surface area contributed by atoms with Crippen LogP contribution in [0.4, 0.5) is 8.78 Å². The zero-order valence-corrected chi connectivity index (χ0v) is 12.9. The zero-order valence-electron chi connectivity index (χ0n) is 11.2. The summed E-state index contributed by atoms with van der Waals surface area (Å²) in [7, 11) is 0. The third kappa shape index (κ3) is 4.19. The predicted octanol–water partition coefficient (Wildman–Crippen LogP) is 2.87. The monoisotopic (exact) mass is 328 g/mol. The van der Waals surface area contributed by atoms with Gasteiger partial charge in [-0.25, -0.2) is 8.78 Å². The minimum atomic E-state index is -0.746. The second-order valence-corrected chi connectivity index (χ2v) is 4.53. The number of aromatic hydroxyl groups is 1. The van der Waals surface area contributed by atoms with Gasteiger partial charge < -0.3 is 10.4 Å². The Balaban J connectivity index is 0.00000180. The van der Waals surface area contributed by atoms with Crippen molar-refractivity contribution in [2.75, 3.05) is 26.2 Å². The van der Waals surface area contributed by atoms with Gasteiger partial charge in [-0.2, -0.15) is 0 Å². The van der Waals surface area contributed by atoms with Crippen LogP contribution in [0.1, 0.15) is 24.9 Å². The van der Waals surface area contributed by atoms with E-state index in [1.807, 2.05) is 6.92 Å². The number of hydrogen-bond acceptors (Lipinski definition) is 3. The van der Waals surface area contributed by atoms with Crippen LogP contribution in [0.15, 0.2) is 12.1 Å². The molecule has 1 aromatic rings. The summed E-state index contributed by atoms with van der Waals surface area (Å²) < 4.78 is 26.9. The molecule has 1 fully saturated rings. The van der Waals surface area contributed by atoms with E-state index < -0.39 is 11.6 Å². The first-order chi connectivity index (χ1) is 8.63. The van der Waals surface area contributed by atoms with Crippen molar-refractivity contribution >= 4 is 24.8 Å². The second-order valence-electron chi connectivity index (χ2n) is 4.53. The highest BCUT2D eigenvalue weighted by molar-refractivity contribution is 5.85. The van der Waals surface area contributed by atoms with E-state index in [1.54, 1.807) is 0 Å². The molecule has 7 heteroatoms. The van der Waals surface area contributed by atoms with Crippen LogP contribution in [0.5, 0.6) is 5.75 Å². The number of benzene rings is 1. The van der Waals surface area contributed by atoms with Crippen LogP contribution >= 0.6 is 24.8 Å². The van der Waals surface area contributed by atoms with E-state index in [0.717, 1.165) is 38.3 Å². The topological polar surface area (TPSA) is 35.5 Å². The van der Waals surface area contributed by atoms with Gasteiger partial charge in [0.1, 0.15) is 17.4 Å². The van der Waals surface area contributed by atoms with Crippen LogP contribution in [0, 0.1) is 11.6 Å². The molecule has 0 radical (unpaired) electrons. The van der Waals surface area contributed by atoms with Crippen molar-refractivity contribution in [1.29, 1.82) is 0 Å². The number of piperazine rings is 1. The molecule has 0 spiro atoms. The summed E-state index contributed by atoms with van der Waals surface area (Å²) in [4.78, 5) is 2.12. The Morgan fingerprint density at radius 1 is 1.25 bits per heavy atom. The standard InChI is InChI=1S/C13H18F2N2O.2ClH/c1-2-11(17-5-3-16-4-6-17)13-10(15)7-9(14)8-12(13)18;;/h7-8,11,16,18H,2-6H2,1H3;2*1H/t11-;;/m1../s1. The van der Waals surface area contributed by atoms with Crippen LogP contribution in [-0.4, -0.2) is 36.2 Å². The quantitative estimate of drug-likeness (QED) is 0.895. The van der Waals surface area contributed by atoms with Gasteiger partial charge in [0.05, 0.1) is 0 Å². The SMILES string of the molecule is CC[C@H](c1c(O)cc(F)cc1F)N1CCNCC1.Cl.Cl. The molecular formula is C13H20Cl2F2N2O. The van der Waals surface area contributed by atoms with E-state index in [9.17, 15) is 13.9 Å². The Hall–Kier alpha value is -0.620. The lowest BCUT2D eigenvalue weighted by molar-refractivity contribution is 0.163. The van der Waals surface area contributed by atoms with Crippen LogP contribution < -0.4 is 5.32 Å². The van der Waals surface area contributed by atoms with Gasteiger partial charge in [0.2, 0.25) is 0 Å². The zero-order chi connectivity index (χ0) is 13.1. The summed E-state index contributed by atoms with van der Waals surface area (Å²) in [6, 6.07) is 1.61. The van der Waals surface area contributed by atoms with Gasteiger partial charge in [-0.15, -0.1) is 24.8 Å². The fourth-order valence-electron chi connectivity index (χ4n) is 2.54. The molecule has 116 valence electrons. The van der Waals surface area contributed by atoms with Gasteiger partial charge in [-0.3, -0.25) is 4.90 Å². The van der Waals surface area contributed by atoms with Crippen LogP contribution in [-0.2, 0) is 0 Å². The fourth-order valence-corrected chi connectivity index (χ4v) is 2.54. The van der Waals surface area contributed by atoms with E-state index in [2.05, 4.69) is 10.2 Å². The molecule has 0 amide bonds. The normalized spacial score (nSPS) is 16.9. The maximum atomic E-state index is 13.9. The van der Waals surface area contributed by atoms with Crippen molar-refractivity contribution in [3.05, 3.63) is 29.3 Å². The number of nitrogens with zero attached hydrogens (tertiary/aromatic N) is 1. The molecule has 2 rings (SSSR count). The molecule has 2 N–H and O–H groups in total. The molecule has 0 aliphatic carbocycles. The van der Waals surface area contributed by atoms with Crippen molar-refractivity contribution in [2.45, 2.75) is 19.4 Å². The molecule has 0 bridgehead atoms. The molecule has 1 atom stereocenters. The molecule has 0 saturated carbocycles. The van der Waals surface area contributed by atoms with Gasteiger partial charge >= 0.3 is 0 Å². The number of rotatable bonds is 3. The Kier molecular flexibility index (Phi) is 8.35. The summed E-state index contributed by atoms with van der Waals surface area (Å²) in [5, 5.41) is 13.0. The summed E-state index contributed by atoms with van der Waals surface area (Å²) >= 11 is 0. The predicted molar refractivity (Wildman–Crippen MR) is 80.0 cm³/mol. The highest BCUT2D eigenvalue weighted by atomic mass is 35.5. The largest absolute Gasteiger partial charge is 0.507 e. The van der Waals surface area contributed by atoms with Crippen molar-refractivity contribution in [1.82, 2.24) is 10.2 Å². The number of halogens is 4. The Morgan fingerprint density at radius 2 is 1.85 bits per heavy atom. The third-order valence-corrected chi connectivity index (χ3v) is 3.38. The molecule has 1 aliphatic heterocycles. The van der Waals surface area contributed by atoms with Gasteiger partial charge in [0.15, 0.2) is 0 Å². The Labute approximate surface area is 130 Å². The van der Waals surface area contributed by atoms with Crippen molar-refractivity contribution in [2.24, 2.45) is 0 Å². The molecule has 0 aromatic heterocycles. The van der Waals surface area contributed by atoms with Crippen LogP contribution in [0.25, 0.3) is 0 Å². The third-order valence-electron chi connectivity index (χ3n) is 3.38. The van der Waals surface area contributed by atoms with Crippen molar-refractivity contribution in [3.8, 4) is 5.75 Å². The van der Waals surface area contributed by atoms with E-state index in [1.165, 1.54) is 0 Å². The average molecular weight is 329 g/mol. The summed E-state index contributed by atoms with van der Waals surface area (Å²) in [6.45, 7) is 5.23. The molecule has 1 saturated heterocycles. The number of hydrogen-bond donors (Lipinski definition) is 2. The van der Waals surface area contributed by atoms with E-state index in [4.69, 9.17) is 0 Å². The summed E-state index contributed by atoms with van der Waals surface area (Å²) in [5.74, 6) is -1.71. The molecule has 1 aliphatic rings. The minimum absolute atomic E-state index is 0. The van der Waals surface area contributed by atoms with Crippen LogP contribution in [0.2, 0.25) is 0 Å². The van der Waals surface area contributed by atoms with E-state index in [0.29, 0.717) is 6.42 Å². The van der Waals surface area contributed by atoms with Crippen molar-refractivity contribution < 1.29 is 13.9 Å². The lowest BCUT2D eigenvalue weighted by atomic mass is 10.00. The van der Waals surface area contributed by atoms with Crippen LogP contribution in [0.3, 0.4) is 0 Å². The van der Waals surface area contributed by atoms with Gasteiger partial charge in [-0.1, -0.05) is 6.92 Å². The highest BCUT2D eigenvalue weighted by Crippen LogP contribution is 2.34. The number of phenolic OH excluding ortho intramolecular Hbond substituents is 1. The van der Waals surface area contributed by atoms with E-state index in [-0.39, 0.29) is 42.2 Å². The molecule has 0 unspecified atom stereocenters. The highest BCUT2D eigenvalue weighted by Gasteiger charge is 2.26. The lowest BCUT2D eigenvalue weighted by Gasteiger charge is -2.35. The first-order valence-electron chi connectivity index (χ1n) is 6.26. The smallest absolute Gasteiger partial charge is 0.134 e. The van der Waals surface area contributed by atoms with Gasteiger partial charge in [-0.05, 0) is 6.42 Å². The molecule has 3 nitrogen and oxygen atoms in total. The Morgan fingerprint density at radius 3 is 2.35 bits per heavy atom.